The highest BCUT2D eigenvalue weighted by molar-refractivity contribution is 6.10. The number of nitrogens with zero attached hydrogens (tertiary/aromatic N) is 2. The van der Waals surface area contributed by atoms with Gasteiger partial charge in [-0.05, 0) is 55.5 Å². The summed E-state index contributed by atoms with van der Waals surface area (Å²) in [4.78, 5) is 43.2. The second-order valence-electron chi connectivity index (χ2n) is 7.55. The maximum absolute atomic E-state index is 14.0. The maximum atomic E-state index is 14.0. The van der Waals surface area contributed by atoms with Gasteiger partial charge in [-0.25, -0.2) is 13.8 Å². The summed E-state index contributed by atoms with van der Waals surface area (Å²) < 4.78 is 33.6. The number of ketones is 1. The van der Waals surface area contributed by atoms with Gasteiger partial charge in [0.2, 0.25) is 11.3 Å². The lowest BCUT2D eigenvalue weighted by atomic mass is 10.0. The summed E-state index contributed by atoms with van der Waals surface area (Å²) in [5, 5.41) is 2.52. The quantitative estimate of drug-likeness (QED) is 0.439. The van der Waals surface area contributed by atoms with E-state index in [9.17, 15) is 23.2 Å². The van der Waals surface area contributed by atoms with Crippen LogP contribution in [0.1, 0.15) is 21.6 Å². The summed E-state index contributed by atoms with van der Waals surface area (Å²) >= 11 is 0. The third kappa shape index (κ3) is 4.54. The molecular formula is C25H19F2N3O4. The van der Waals surface area contributed by atoms with E-state index in [4.69, 9.17) is 4.74 Å². The summed E-state index contributed by atoms with van der Waals surface area (Å²) in [6, 6.07) is 12.2. The second-order valence-corrected chi connectivity index (χ2v) is 7.55. The summed E-state index contributed by atoms with van der Waals surface area (Å²) in [5.74, 6) is -2.34. The first-order chi connectivity index (χ1) is 16.3. The Hall–Kier alpha value is -4.40. The van der Waals surface area contributed by atoms with Gasteiger partial charge >= 0.3 is 0 Å². The van der Waals surface area contributed by atoms with Crippen molar-refractivity contribution in [3.05, 3.63) is 99.5 Å². The fourth-order valence-electron chi connectivity index (χ4n) is 3.48. The minimum absolute atomic E-state index is 0.149. The number of carbonyl (C=O) groups excluding carboxylic acids is 2. The first-order valence-electron chi connectivity index (χ1n) is 10.2. The molecule has 9 heteroatoms. The van der Waals surface area contributed by atoms with E-state index in [-0.39, 0.29) is 34.4 Å². The van der Waals surface area contributed by atoms with Crippen molar-refractivity contribution in [2.24, 2.45) is 0 Å². The van der Waals surface area contributed by atoms with Gasteiger partial charge in [0.25, 0.3) is 0 Å². The van der Waals surface area contributed by atoms with Crippen LogP contribution in [0.25, 0.3) is 11.0 Å². The van der Waals surface area contributed by atoms with Crippen molar-refractivity contribution >= 4 is 28.4 Å². The highest BCUT2D eigenvalue weighted by Gasteiger charge is 2.19. The highest BCUT2D eigenvalue weighted by Crippen LogP contribution is 2.18. The zero-order valence-electron chi connectivity index (χ0n) is 18.3. The molecule has 0 spiro atoms. The van der Waals surface area contributed by atoms with E-state index >= 15 is 0 Å². The lowest BCUT2D eigenvalue weighted by Gasteiger charge is -2.13. The van der Waals surface area contributed by atoms with Crippen LogP contribution in [-0.4, -0.2) is 28.4 Å². The van der Waals surface area contributed by atoms with E-state index in [1.165, 1.54) is 30.0 Å². The fraction of sp³-hybridized carbons (Fsp3) is 0.120. The Morgan fingerprint density at radius 2 is 1.79 bits per heavy atom. The lowest BCUT2D eigenvalue weighted by molar-refractivity contribution is -0.116. The molecule has 4 aromatic rings. The van der Waals surface area contributed by atoms with Crippen LogP contribution < -0.4 is 15.5 Å². The molecule has 2 aromatic heterocycles. The Morgan fingerprint density at radius 1 is 1.06 bits per heavy atom. The molecule has 1 amide bonds. The van der Waals surface area contributed by atoms with Crippen LogP contribution in [-0.2, 0) is 11.3 Å². The predicted octanol–water partition coefficient (Wildman–Crippen LogP) is 3.86. The van der Waals surface area contributed by atoms with E-state index in [0.29, 0.717) is 17.5 Å². The van der Waals surface area contributed by atoms with E-state index in [1.54, 1.807) is 31.2 Å². The normalized spacial score (nSPS) is 10.8. The van der Waals surface area contributed by atoms with Crippen molar-refractivity contribution in [2.45, 2.75) is 13.5 Å². The molecule has 0 fully saturated rings. The average molecular weight is 463 g/mol. The van der Waals surface area contributed by atoms with E-state index < -0.39 is 28.8 Å². The van der Waals surface area contributed by atoms with Gasteiger partial charge in [-0.1, -0.05) is 0 Å². The summed E-state index contributed by atoms with van der Waals surface area (Å²) in [6.07, 6.45) is 1.27. The molecule has 34 heavy (non-hydrogen) atoms. The number of anilines is 1. The van der Waals surface area contributed by atoms with Gasteiger partial charge < -0.3 is 14.6 Å². The number of rotatable bonds is 6. The van der Waals surface area contributed by atoms with E-state index in [1.807, 2.05) is 0 Å². The number of aromatic nitrogens is 2. The number of hydrogen-bond acceptors (Lipinski definition) is 5. The Labute approximate surface area is 192 Å². The smallest absolute Gasteiger partial charge is 0.244 e. The van der Waals surface area contributed by atoms with Crippen LogP contribution in [0.4, 0.5) is 14.5 Å². The fourth-order valence-corrected chi connectivity index (χ4v) is 3.48. The van der Waals surface area contributed by atoms with Gasteiger partial charge in [-0.2, -0.15) is 0 Å². The van der Waals surface area contributed by atoms with Crippen LogP contribution in [0.5, 0.6) is 5.75 Å². The molecule has 0 bridgehead atoms. The summed E-state index contributed by atoms with van der Waals surface area (Å²) in [7, 11) is 1.50. The molecular weight excluding hydrogens is 444 g/mol. The predicted molar refractivity (Wildman–Crippen MR) is 122 cm³/mol. The standard InChI is InChI=1S/C25H19F2N3O4/c1-14-3-9-18-24(33)19(23(32)15-4-7-17(34-2)8-5-15)12-30(25(18)28-14)13-22(31)29-21-10-6-16(26)11-20(21)27/h3-12H,13H2,1-2H3,(H,29,31). The zero-order chi connectivity index (χ0) is 24.4. The zero-order valence-corrected chi connectivity index (χ0v) is 18.3. The number of ether oxygens (including phenoxy) is 1. The molecule has 0 aliphatic heterocycles. The van der Waals surface area contributed by atoms with Crippen molar-refractivity contribution in [2.75, 3.05) is 12.4 Å². The lowest BCUT2D eigenvalue weighted by Crippen LogP contribution is -2.25. The van der Waals surface area contributed by atoms with Crippen LogP contribution in [0.2, 0.25) is 0 Å². The average Bonchev–Trinajstić information content (AvgIpc) is 2.82. The van der Waals surface area contributed by atoms with Gasteiger partial charge in [-0.3, -0.25) is 14.4 Å². The number of carbonyl (C=O) groups is 2. The van der Waals surface area contributed by atoms with Crippen molar-refractivity contribution in [3.8, 4) is 5.75 Å². The van der Waals surface area contributed by atoms with Crippen LogP contribution in [0.3, 0.4) is 0 Å². The SMILES string of the molecule is COc1ccc(C(=O)c2cn(CC(=O)Nc3ccc(F)cc3F)c3nc(C)ccc3c2=O)cc1. The van der Waals surface area contributed by atoms with E-state index in [0.717, 1.165) is 12.1 Å². The summed E-state index contributed by atoms with van der Waals surface area (Å²) in [6.45, 7) is 1.35. The third-order valence-corrected chi connectivity index (χ3v) is 5.18. The molecule has 7 nitrogen and oxygen atoms in total. The monoisotopic (exact) mass is 463 g/mol. The highest BCUT2D eigenvalue weighted by atomic mass is 19.1. The number of methoxy groups -OCH3 is 1. The van der Waals surface area contributed by atoms with Crippen LogP contribution in [0, 0.1) is 18.6 Å². The van der Waals surface area contributed by atoms with Gasteiger partial charge in [0, 0.05) is 23.5 Å². The first kappa shape index (κ1) is 22.8. The molecule has 4 rings (SSSR count). The number of fused-ring (bicyclic) bond motifs is 1. The molecule has 2 heterocycles. The maximum Gasteiger partial charge on any atom is 0.244 e. The van der Waals surface area contributed by atoms with Crippen molar-refractivity contribution in [1.82, 2.24) is 9.55 Å². The Balaban J connectivity index is 1.75. The molecule has 2 aromatic carbocycles. The second kappa shape index (κ2) is 9.22. The Bertz CT molecular complexity index is 1480. The number of amides is 1. The molecule has 0 aliphatic rings. The number of aryl methyl sites for hydroxylation is 1. The van der Waals surface area contributed by atoms with Gasteiger partial charge in [0.15, 0.2) is 5.78 Å². The number of halogens is 2. The number of pyridine rings is 2. The topological polar surface area (TPSA) is 90.3 Å². The Morgan fingerprint density at radius 3 is 2.47 bits per heavy atom. The summed E-state index contributed by atoms with van der Waals surface area (Å²) in [5.41, 5.74) is 0.191. The molecule has 0 unspecified atom stereocenters. The number of nitrogens with one attached hydrogen (secondary N) is 1. The number of benzene rings is 2. The van der Waals surface area contributed by atoms with Crippen LogP contribution in [0.15, 0.2) is 65.6 Å². The third-order valence-electron chi connectivity index (χ3n) is 5.18. The molecule has 0 radical (unpaired) electrons. The first-order valence-corrected chi connectivity index (χ1v) is 10.2. The molecule has 172 valence electrons. The largest absolute Gasteiger partial charge is 0.497 e. The molecule has 0 saturated heterocycles. The van der Waals surface area contributed by atoms with Crippen molar-refractivity contribution in [1.29, 1.82) is 0 Å². The number of hydrogen-bond donors (Lipinski definition) is 1. The minimum atomic E-state index is -0.928. The molecule has 1 N–H and O–H groups in total. The molecule has 0 saturated carbocycles. The van der Waals surface area contributed by atoms with Crippen LogP contribution >= 0.6 is 0 Å². The van der Waals surface area contributed by atoms with Gasteiger partial charge in [-0.15, -0.1) is 0 Å². The minimum Gasteiger partial charge on any atom is -0.497 e. The molecule has 0 aliphatic carbocycles. The van der Waals surface area contributed by atoms with E-state index in [2.05, 4.69) is 10.3 Å². The molecule has 0 atom stereocenters. The van der Waals surface area contributed by atoms with Gasteiger partial charge in [0.05, 0.1) is 23.7 Å². The Kier molecular flexibility index (Phi) is 6.18. The van der Waals surface area contributed by atoms with Crippen molar-refractivity contribution < 1.29 is 23.1 Å². The van der Waals surface area contributed by atoms with Crippen molar-refractivity contribution in [3.63, 3.8) is 0 Å². The van der Waals surface area contributed by atoms with Gasteiger partial charge in [0.1, 0.15) is 29.6 Å².